The van der Waals surface area contributed by atoms with Crippen LogP contribution in [-0.2, 0) is 56.8 Å². The number of aliphatic hydroxyl groups is 19. The maximum Gasteiger partial charge on any atom is 0.187 e. The molecule has 0 aromatic heterocycles. The molecule has 6 aliphatic rings. The molecule has 71 heavy (non-hydrogen) atoms. The molecule has 6 aliphatic heterocycles. The summed E-state index contributed by atoms with van der Waals surface area (Å²) in [7, 11) is 0. The summed E-state index contributed by atoms with van der Waals surface area (Å²) in [5.41, 5.74) is 0. The molecule has 6 heterocycles. The number of hydrogen-bond acceptors (Lipinski definition) is 32. The van der Waals surface area contributed by atoms with Gasteiger partial charge in [0.2, 0.25) is 0 Å². The van der Waals surface area contributed by atoms with Crippen molar-refractivity contribution in [3.05, 3.63) is 0 Å². The molecule has 13 unspecified atom stereocenters. The maximum absolute atomic E-state index is 12.0. The van der Waals surface area contributed by atoms with Crippen molar-refractivity contribution in [1.29, 1.82) is 0 Å². The van der Waals surface area contributed by atoms with Crippen LogP contribution in [-0.4, -0.2) is 333 Å². The fourth-order valence-corrected chi connectivity index (χ4v) is 8.87. The zero-order valence-electron chi connectivity index (χ0n) is 37.5. The van der Waals surface area contributed by atoms with Crippen molar-refractivity contribution in [2.45, 2.75) is 191 Å². The van der Waals surface area contributed by atoms with Gasteiger partial charge in [-0.05, 0) is 12.2 Å². The third kappa shape index (κ3) is 12.9. The number of hydrogen-bond donors (Lipinski definition) is 20. The zero-order chi connectivity index (χ0) is 52.2. The highest BCUT2D eigenvalue weighted by atomic mass is 32.1. The Balaban J connectivity index is 1.39. The quantitative estimate of drug-likeness (QED) is 0.0398. The van der Waals surface area contributed by atoms with Crippen LogP contribution in [0, 0.1) is 0 Å². The first-order valence-electron chi connectivity index (χ1n) is 22.7. The molecule has 32 heteroatoms. The van der Waals surface area contributed by atoms with Crippen molar-refractivity contribution in [2.75, 3.05) is 52.0 Å². The van der Waals surface area contributed by atoms with Gasteiger partial charge in [0.05, 0.1) is 46.2 Å². The van der Waals surface area contributed by atoms with Gasteiger partial charge in [-0.25, -0.2) is 0 Å². The van der Waals surface area contributed by atoms with Crippen LogP contribution in [0.4, 0.5) is 0 Å². The molecule has 30 atom stereocenters. The molecule has 6 saturated heterocycles. The largest absolute Gasteiger partial charge is 0.394 e. The lowest BCUT2D eigenvalue weighted by Gasteiger charge is -2.50. The second-order valence-corrected chi connectivity index (χ2v) is 18.2. The Morgan fingerprint density at radius 2 is 0.620 bits per heavy atom. The van der Waals surface area contributed by atoms with Crippen molar-refractivity contribution in [2.24, 2.45) is 0 Å². The minimum Gasteiger partial charge on any atom is -0.394 e. The molecule has 31 nitrogen and oxygen atoms in total. The lowest BCUT2D eigenvalue weighted by atomic mass is 9.95. The van der Waals surface area contributed by atoms with Gasteiger partial charge in [-0.15, -0.1) is 0 Å². The van der Waals surface area contributed by atoms with Crippen LogP contribution in [0.2, 0.25) is 0 Å². The summed E-state index contributed by atoms with van der Waals surface area (Å²) in [6.45, 7) is -5.82. The second kappa shape index (κ2) is 26.4. The van der Waals surface area contributed by atoms with Crippen molar-refractivity contribution in [3.8, 4) is 0 Å². The summed E-state index contributed by atoms with van der Waals surface area (Å²) in [5, 5.41) is 202. The van der Waals surface area contributed by atoms with E-state index in [1.165, 1.54) is 0 Å². The number of ether oxygens (including phenoxy) is 12. The van der Waals surface area contributed by atoms with Crippen molar-refractivity contribution < 1.29 is 154 Å². The Labute approximate surface area is 408 Å². The normalized spacial score (nSPS) is 51.0. The SMILES string of the molecule is OCC1O[C@@H](OCC2O[C@H](OCCCS)C(O)[C@@H](O[C@@H]3OC(CO)[C@@H](O)[C@H](O)C3O)[C@@H]2O[C@@H]2OC(CO)[C@@H](O)[C@H](O)C2O[C@@H]2OC(CO)[C@@H](O)[C@H](O)C2O)[C@@H](OC2OC(CO)[C@@H](O)[C@H](O)C2O)C(O)[C@@H]1O. The van der Waals surface area contributed by atoms with E-state index in [1.54, 1.807) is 0 Å². The van der Waals surface area contributed by atoms with Crippen molar-refractivity contribution >= 4 is 12.6 Å². The van der Waals surface area contributed by atoms with Crippen LogP contribution in [0.3, 0.4) is 0 Å². The first-order chi connectivity index (χ1) is 33.8. The Hall–Kier alpha value is -0.890. The molecule has 416 valence electrons. The minimum atomic E-state index is -2.16. The smallest absolute Gasteiger partial charge is 0.187 e. The van der Waals surface area contributed by atoms with Gasteiger partial charge in [0.25, 0.3) is 0 Å². The molecule has 6 fully saturated rings. The predicted molar refractivity (Wildman–Crippen MR) is 221 cm³/mol. The number of thiol groups is 1. The van der Waals surface area contributed by atoms with E-state index in [0.29, 0.717) is 0 Å². The van der Waals surface area contributed by atoms with Gasteiger partial charge in [-0.1, -0.05) is 0 Å². The van der Waals surface area contributed by atoms with E-state index < -0.39 is 224 Å². The van der Waals surface area contributed by atoms with Crippen LogP contribution in [0.15, 0.2) is 0 Å². The van der Waals surface area contributed by atoms with Crippen LogP contribution in [0.1, 0.15) is 6.42 Å². The average molecular weight is 1070 g/mol. The molecule has 0 radical (unpaired) electrons. The molecule has 6 rings (SSSR count). The van der Waals surface area contributed by atoms with E-state index >= 15 is 0 Å². The van der Waals surface area contributed by atoms with Crippen LogP contribution in [0.25, 0.3) is 0 Å². The van der Waals surface area contributed by atoms with Crippen molar-refractivity contribution in [3.63, 3.8) is 0 Å². The van der Waals surface area contributed by atoms with Gasteiger partial charge in [0.1, 0.15) is 146 Å². The summed E-state index contributed by atoms with van der Waals surface area (Å²) in [5.74, 6) is 0.260. The standard InChI is InChI=1S/C39H68O31S/c40-4-10-16(45)21(50)26(55)35(61-10)68-31-29(58)34(59-2-1-3-71)66-15(9-60-38-32(24(53)19(48)13(7-43)64-38)69-36-27(56)22(51)17(46)11(5-41)62-36)30(31)67-39-33(25(54)20(49)14(8-44)65-39)70-37-28(57)23(52)18(47)12(6-42)63-37/h10-58,71H,1-9H2/t10?,11?,12?,13?,14?,15?,16-,17-,18-,19-,20-,21+,22+,23+,24?,25+,26?,27?,28?,29?,30-,31-,32+,33?,34+,35+,36?,37+,38-,39+/m1/s1. The lowest BCUT2D eigenvalue weighted by Crippen LogP contribution is -2.68. The van der Waals surface area contributed by atoms with Gasteiger partial charge >= 0.3 is 0 Å². The van der Waals surface area contributed by atoms with Crippen LogP contribution >= 0.6 is 12.6 Å². The topological polar surface area (TPSA) is 495 Å². The first kappa shape index (κ1) is 59.4. The molecule has 0 aromatic carbocycles. The van der Waals surface area contributed by atoms with Crippen LogP contribution in [0.5, 0.6) is 0 Å². The molecule has 0 aliphatic carbocycles. The lowest BCUT2D eigenvalue weighted by molar-refractivity contribution is -0.405. The van der Waals surface area contributed by atoms with Gasteiger partial charge in [0, 0.05) is 0 Å². The minimum absolute atomic E-state index is 0.164. The molecule has 0 spiro atoms. The molecule has 0 saturated carbocycles. The van der Waals surface area contributed by atoms with Gasteiger partial charge in [-0.3, -0.25) is 0 Å². The molecule has 19 N–H and O–H groups in total. The summed E-state index contributed by atoms with van der Waals surface area (Å²) >= 11 is 4.16. The molecule has 0 aromatic rings. The number of aliphatic hydroxyl groups excluding tert-OH is 19. The summed E-state index contributed by atoms with van der Waals surface area (Å²) in [6.07, 6.45) is -57.8. The third-order valence-corrected chi connectivity index (χ3v) is 13.3. The summed E-state index contributed by atoms with van der Waals surface area (Å²) in [4.78, 5) is 0. The van der Waals surface area contributed by atoms with Gasteiger partial charge < -0.3 is 154 Å². The van der Waals surface area contributed by atoms with Gasteiger partial charge in [0.15, 0.2) is 37.7 Å². The Kier molecular flexibility index (Phi) is 22.1. The van der Waals surface area contributed by atoms with E-state index in [1.807, 2.05) is 0 Å². The highest BCUT2D eigenvalue weighted by Crippen LogP contribution is 2.37. The molecular weight excluding hydrogens is 996 g/mol. The average Bonchev–Trinajstić information content (AvgIpc) is 3.36. The predicted octanol–water partition coefficient (Wildman–Crippen LogP) is -12.8. The molecule has 0 bridgehead atoms. The summed E-state index contributed by atoms with van der Waals surface area (Å²) < 4.78 is 70.0. The van der Waals surface area contributed by atoms with E-state index in [0.717, 1.165) is 0 Å². The Morgan fingerprint density at radius 3 is 1.01 bits per heavy atom. The zero-order valence-corrected chi connectivity index (χ0v) is 38.4. The first-order valence-corrected chi connectivity index (χ1v) is 23.4. The second-order valence-electron chi connectivity index (χ2n) is 17.7. The molecule has 0 amide bonds. The van der Waals surface area contributed by atoms with E-state index in [9.17, 15) is 97.0 Å². The highest BCUT2D eigenvalue weighted by Gasteiger charge is 2.58. The van der Waals surface area contributed by atoms with Crippen molar-refractivity contribution in [1.82, 2.24) is 0 Å². The highest BCUT2D eigenvalue weighted by molar-refractivity contribution is 7.80. The summed E-state index contributed by atoms with van der Waals surface area (Å²) in [6, 6.07) is 0. The number of rotatable bonds is 20. The van der Waals surface area contributed by atoms with Crippen LogP contribution < -0.4 is 0 Å². The third-order valence-electron chi connectivity index (χ3n) is 13.0. The fraction of sp³-hybridized carbons (Fsp3) is 1.00. The van der Waals surface area contributed by atoms with Gasteiger partial charge in [-0.2, -0.15) is 12.6 Å². The monoisotopic (exact) mass is 1060 g/mol. The van der Waals surface area contributed by atoms with E-state index in [4.69, 9.17) is 56.8 Å². The van der Waals surface area contributed by atoms with E-state index in [2.05, 4.69) is 12.6 Å². The molecular formula is C39H68O31S. The maximum atomic E-state index is 12.0. The Morgan fingerprint density at radius 1 is 0.296 bits per heavy atom. The van der Waals surface area contributed by atoms with E-state index in [-0.39, 0.29) is 18.8 Å². The fourth-order valence-electron chi connectivity index (χ4n) is 8.74. The Bertz CT molecular complexity index is 1580.